The molecule has 34 heavy (non-hydrogen) atoms. The number of piperidine rings is 1. The Morgan fingerprint density at radius 3 is 2.50 bits per heavy atom. The number of anilines is 1. The average Bonchev–Trinajstić information content (AvgIpc) is 3.34. The fraction of sp³-hybridized carbons (Fsp3) is 0.588. The molecule has 17 heteroatoms. The number of aliphatic hydroxyl groups excluding tert-OH is 2. The predicted octanol–water partition coefficient (Wildman–Crippen LogP) is -3.34. The Labute approximate surface area is 197 Å². The van der Waals surface area contributed by atoms with Gasteiger partial charge in [0.25, 0.3) is 0 Å². The summed E-state index contributed by atoms with van der Waals surface area (Å²) in [5, 5.41) is 40.8. The second-order valence-corrected chi connectivity index (χ2v) is 11.0. The number of nitrogens with zero attached hydrogens (tertiary/aromatic N) is 4. The first-order valence-electron chi connectivity index (χ1n) is 10.5. The molecule has 0 spiro atoms. The molecule has 0 radical (unpaired) electrons. The van der Waals surface area contributed by atoms with E-state index in [1.54, 1.807) is 0 Å². The van der Waals surface area contributed by atoms with Gasteiger partial charge in [-0.05, 0) is 30.2 Å². The van der Waals surface area contributed by atoms with Gasteiger partial charge in [0.1, 0.15) is 9.79 Å². The Balaban J connectivity index is 2.09. The maximum Gasteiger partial charge on any atom is 0.242 e. The molecule has 190 valence electrons. The molecule has 1 aliphatic rings. The van der Waals surface area contributed by atoms with Gasteiger partial charge in [-0.3, -0.25) is 0 Å². The molecule has 1 saturated heterocycles. The van der Waals surface area contributed by atoms with Gasteiger partial charge in [-0.15, -0.1) is 10.2 Å². The van der Waals surface area contributed by atoms with Crippen LogP contribution < -0.4 is 25.8 Å². The molecule has 1 fully saturated rings. The number of hydrogen-bond acceptors (Lipinski definition) is 12. The summed E-state index contributed by atoms with van der Waals surface area (Å²) in [5.41, 5.74) is 5.60. The summed E-state index contributed by atoms with van der Waals surface area (Å²) < 4.78 is 53.5. The molecule has 0 aliphatic carbocycles. The molecular weight excluding hydrogens is 490 g/mol. The zero-order valence-electron chi connectivity index (χ0n) is 18.3. The van der Waals surface area contributed by atoms with E-state index in [4.69, 9.17) is 16.0 Å². The normalized spacial score (nSPS) is 16.6. The summed E-state index contributed by atoms with van der Waals surface area (Å²) in [6.07, 6.45) is 0.244. The quantitative estimate of drug-likeness (QED) is 0.154. The van der Waals surface area contributed by atoms with Crippen LogP contribution in [0.3, 0.4) is 0 Å². The molecule has 9 N–H and O–H groups in total. The van der Waals surface area contributed by atoms with E-state index in [0.717, 1.165) is 6.07 Å². The van der Waals surface area contributed by atoms with Crippen LogP contribution >= 0.6 is 0 Å². The van der Waals surface area contributed by atoms with Crippen LogP contribution in [0.15, 0.2) is 21.9 Å². The van der Waals surface area contributed by atoms with Crippen molar-refractivity contribution >= 4 is 25.7 Å². The fourth-order valence-electron chi connectivity index (χ4n) is 3.75. The van der Waals surface area contributed by atoms with E-state index < -0.39 is 42.5 Å². The predicted molar refractivity (Wildman–Crippen MR) is 122 cm³/mol. The molecule has 1 aromatic carbocycles. The number of primary sulfonamides is 1. The monoisotopic (exact) mass is 519 g/mol. The summed E-state index contributed by atoms with van der Waals surface area (Å²) in [7, 11) is -9.02. The Bertz CT molecular complexity index is 1170. The molecule has 2 aromatic rings. The van der Waals surface area contributed by atoms with Crippen molar-refractivity contribution in [2.45, 2.75) is 34.8 Å². The molecule has 3 rings (SSSR count). The Kier molecular flexibility index (Phi) is 8.52. The van der Waals surface area contributed by atoms with E-state index in [2.05, 4.69) is 30.7 Å². The van der Waals surface area contributed by atoms with Crippen molar-refractivity contribution < 1.29 is 27.0 Å². The highest BCUT2D eigenvalue weighted by Crippen LogP contribution is 2.39. The maximum absolute atomic E-state index is 13.0. The summed E-state index contributed by atoms with van der Waals surface area (Å²) in [6.45, 7) is 0.909. The first-order chi connectivity index (χ1) is 16.1. The number of aromatic nitrogens is 4. The largest absolute Gasteiger partial charge is 0.395 e. The SMILES string of the molecule is NCC(O)CNS(=O)(=O)c1ccc(N2CCC(NCCO)CC2)c(-c2nn[nH]n2)c1S(N)(=O)=O. The van der Waals surface area contributed by atoms with Crippen molar-refractivity contribution in [3.8, 4) is 11.4 Å². The number of rotatable bonds is 11. The van der Waals surface area contributed by atoms with Crippen LogP contribution in [-0.2, 0) is 20.0 Å². The number of H-pyrrole nitrogens is 1. The molecule has 1 aromatic heterocycles. The van der Waals surface area contributed by atoms with Crippen LogP contribution in [0.25, 0.3) is 11.4 Å². The van der Waals surface area contributed by atoms with E-state index in [0.29, 0.717) is 38.2 Å². The number of nitrogens with one attached hydrogen (secondary N) is 3. The molecule has 15 nitrogen and oxygen atoms in total. The van der Waals surface area contributed by atoms with E-state index in [1.807, 2.05) is 4.90 Å². The van der Waals surface area contributed by atoms with Gasteiger partial charge in [-0.2, -0.15) is 5.21 Å². The lowest BCUT2D eigenvalue weighted by Gasteiger charge is -2.35. The number of tetrazole rings is 1. The standard InChI is InChI=1S/C17H29N9O6S2/c18-9-12(28)10-21-34(31,32)14-2-1-13(26-6-3-11(4-7-26)20-5-8-27)15(16(14)33(19,29)30)17-22-24-25-23-17/h1-2,11-12,20-21,27-28H,3-10,18H2,(H2,19,29,30)(H,22,23,24,25). The second-order valence-electron chi connectivity index (χ2n) is 7.75. The smallest absolute Gasteiger partial charge is 0.242 e. The van der Waals surface area contributed by atoms with Crippen molar-refractivity contribution in [3.05, 3.63) is 12.1 Å². The maximum atomic E-state index is 13.0. The Morgan fingerprint density at radius 1 is 1.24 bits per heavy atom. The minimum atomic E-state index is -4.60. The highest BCUT2D eigenvalue weighted by molar-refractivity contribution is 7.92. The number of benzene rings is 1. The summed E-state index contributed by atoms with van der Waals surface area (Å²) >= 11 is 0. The molecule has 0 amide bonds. The van der Waals surface area contributed by atoms with Crippen LogP contribution in [-0.4, -0.2) is 99.1 Å². The van der Waals surface area contributed by atoms with Gasteiger partial charge < -0.3 is 26.2 Å². The third-order valence-electron chi connectivity index (χ3n) is 5.40. The molecule has 1 atom stereocenters. The van der Waals surface area contributed by atoms with Gasteiger partial charge in [0, 0.05) is 44.5 Å². The van der Waals surface area contributed by atoms with Crippen LogP contribution in [0.4, 0.5) is 5.69 Å². The van der Waals surface area contributed by atoms with Gasteiger partial charge in [-0.25, -0.2) is 26.7 Å². The van der Waals surface area contributed by atoms with Crippen LogP contribution in [0.2, 0.25) is 0 Å². The summed E-state index contributed by atoms with van der Waals surface area (Å²) in [4.78, 5) is 0.600. The minimum Gasteiger partial charge on any atom is -0.395 e. The van der Waals surface area contributed by atoms with E-state index in [9.17, 15) is 21.9 Å². The third-order valence-corrected chi connectivity index (χ3v) is 7.99. The lowest BCUT2D eigenvalue weighted by atomic mass is 10.0. The summed E-state index contributed by atoms with van der Waals surface area (Å²) in [5.74, 6) is -0.140. The van der Waals surface area contributed by atoms with Gasteiger partial charge in [0.15, 0.2) is 0 Å². The number of aliphatic hydroxyl groups is 2. The average molecular weight is 520 g/mol. The van der Waals surface area contributed by atoms with Gasteiger partial charge in [0.2, 0.25) is 25.9 Å². The molecular formula is C17H29N9O6S2. The van der Waals surface area contributed by atoms with E-state index >= 15 is 0 Å². The zero-order chi connectivity index (χ0) is 24.9. The Morgan fingerprint density at radius 2 is 1.94 bits per heavy atom. The molecule has 1 aliphatic heterocycles. The van der Waals surface area contributed by atoms with Gasteiger partial charge in [-0.1, -0.05) is 0 Å². The first kappa shape index (κ1) is 26.4. The second kappa shape index (κ2) is 11.0. The van der Waals surface area contributed by atoms with Crippen molar-refractivity contribution in [1.29, 1.82) is 0 Å². The van der Waals surface area contributed by atoms with Crippen molar-refractivity contribution in [1.82, 2.24) is 30.7 Å². The first-order valence-corrected chi connectivity index (χ1v) is 13.5. The minimum absolute atomic E-state index is 0.0200. The van der Waals surface area contributed by atoms with Gasteiger partial charge in [0.05, 0.1) is 18.3 Å². The third kappa shape index (κ3) is 6.05. The Hall–Kier alpha value is -2.25. The van der Waals surface area contributed by atoms with Gasteiger partial charge >= 0.3 is 0 Å². The number of nitrogens with two attached hydrogens (primary N) is 2. The molecule has 0 saturated carbocycles. The summed E-state index contributed by atoms with van der Waals surface area (Å²) in [6, 6.07) is 2.79. The van der Waals surface area contributed by atoms with E-state index in [-0.39, 0.29) is 30.6 Å². The fourth-order valence-corrected chi connectivity index (χ4v) is 6.42. The highest BCUT2D eigenvalue weighted by Gasteiger charge is 2.34. The van der Waals surface area contributed by atoms with Crippen LogP contribution in [0.1, 0.15) is 12.8 Å². The molecule has 2 heterocycles. The van der Waals surface area contributed by atoms with Crippen molar-refractivity contribution in [3.63, 3.8) is 0 Å². The van der Waals surface area contributed by atoms with Crippen LogP contribution in [0, 0.1) is 0 Å². The number of aromatic amines is 1. The number of sulfonamides is 2. The van der Waals surface area contributed by atoms with Crippen LogP contribution in [0.5, 0.6) is 0 Å². The van der Waals surface area contributed by atoms with Crippen molar-refractivity contribution in [2.75, 3.05) is 44.2 Å². The number of hydrogen-bond donors (Lipinski definition) is 7. The molecule has 1 unspecified atom stereocenters. The topological polar surface area (TPSA) is 243 Å². The molecule has 0 bridgehead atoms. The lowest BCUT2D eigenvalue weighted by molar-refractivity contribution is 0.186. The lowest BCUT2D eigenvalue weighted by Crippen LogP contribution is -2.43. The van der Waals surface area contributed by atoms with E-state index in [1.165, 1.54) is 6.07 Å². The highest BCUT2D eigenvalue weighted by atomic mass is 32.2. The zero-order valence-corrected chi connectivity index (χ0v) is 19.9. The van der Waals surface area contributed by atoms with Crippen molar-refractivity contribution in [2.24, 2.45) is 10.9 Å².